The Morgan fingerprint density at radius 3 is 2.13 bits per heavy atom. The van der Waals surface area contributed by atoms with E-state index >= 15 is 0 Å². The lowest BCUT2D eigenvalue weighted by molar-refractivity contribution is -0.347. The number of ether oxygens (including phenoxy) is 4. The minimum absolute atomic E-state index is 0.123. The van der Waals surface area contributed by atoms with Gasteiger partial charge in [0.05, 0.1) is 18.3 Å². The highest BCUT2D eigenvalue weighted by atomic mass is 16.7. The molecule has 4 saturated carbocycles. The summed E-state index contributed by atoms with van der Waals surface area (Å²) in [5.74, 6) is 4.67. The van der Waals surface area contributed by atoms with Crippen LogP contribution in [0.3, 0.4) is 0 Å². The smallest absolute Gasteiger partial charge is 0.184 e. The van der Waals surface area contributed by atoms with Crippen LogP contribution in [0.2, 0.25) is 0 Å². The summed E-state index contributed by atoms with van der Waals surface area (Å²) in [4.78, 5) is 13.5. The molecule has 5 aliphatic carbocycles. The van der Waals surface area contributed by atoms with Crippen LogP contribution < -0.4 is 0 Å². The summed E-state index contributed by atoms with van der Waals surface area (Å²) in [6, 6.07) is 0. The fourth-order valence-electron chi connectivity index (χ4n) is 14.8. The highest BCUT2D eigenvalue weighted by molar-refractivity contribution is 5.84. The summed E-state index contributed by atoms with van der Waals surface area (Å²) in [6.45, 7) is 33.5. The zero-order valence-electron chi connectivity index (χ0n) is 36.6. The van der Waals surface area contributed by atoms with Gasteiger partial charge >= 0.3 is 0 Å². The van der Waals surface area contributed by atoms with E-state index < -0.39 is 0 Å². The van der Waals surface area contributed by atoms with Gasteiger partial charge in [-0.2, -0.15) is 0 Å². The van der Waals surface area contributed by atoms with Crippen molar-refractivity contribution in [1.82, 2.24) is 0 Å². The van der Waals surface area contributed by atoms with E-state index in [0.29, 0.717) is 64.5 Å². The van der Waals surface area contributed by atoms with Crippen molar-refractivity contribution >= 4 is 5.78 Å². The van der Waals surface area contributed by atoms with Crippen molar-refractivity contribution < 1.29 is 23.7 Å². The average molecular weight is 737 g/mol. The SMILES string of the molecule is CCC1O[C@@H](OC2[C@H](O[C@H]3CCC4(C)C5CC=C6C7CC(C)(C)CC[C@]7(C(C)=O)CC[C@@]6(C)C5(C)CC[C@H]4C3C)OC(C)[C@@H](C)[C@@H]2C)C(C)[C@@H](C)[C@H]1C. The van der Waals surface area contributed by atoms with E-state index in [1.807, 2.05) is 6.92 Å². The predicted octanol–water partition coefficient (Wildman–Crippen LogP) is 11.8. The van der Waals surface area contributed by atoms with Crippen molar-refractivity contribution in [3.8, 4) is 0 Å². The zero-order chi connectivity index (χ0) is 38.6. The molecule has 5 heteroatoms. The van der Waals surface area contributed by atoms with Crippen LogP contribution in [0.1, 0.15) is 168 Å². The molecule has 19 atom stereocenters. The third-order valence-electron chi connectivity index (χ3n) is 19.6. The van der Waals surface area contributed by atoms with Crippen LogP contribution in [0, 0.1) is 80.3 Å². The fraction of sp³-hybridized carbons (Fsp3) is 0.938. The minimum atomic E-state index is -0.380. The Morgan fingerprint density at radius 1 is 0.755 bits per heavy atom. The molecule has 7 aliphatic rings. The zero-order valence-corrected chi connectivity index (χ0v) is 36.6. The number of carbonyl (C=O) groups is 1. The molecule has 9 unspecified atom stereocenters. The van der Waals surface area contributed by atoms with Gasteiger partial charge in [0, 0.05) is 11.3 Å². The van der Waals surface area contributed by atoms with Crippen LogP contribution in [0.4, 0.5) is 0 Å². The lowest BCUT2D eigenvalue weighted by Crippen LogP contribution is -2.64. The number of allylic oxidation sites excluding steroid dienone is 2. The molecule has 2 heterocycles. The molecule has 0 N–H and O–H groups in total. The molecule has 0 radical (unpaired) electrons. The van der Waals surface area contributed by atoms with Gasteiger partial charge < -0.3 is 18.9 Å². The van der Waals surface area contributed by atoms with Gasteiger partial charge in [0.2, 0.25) is 0 Å². The maximum Gasteiger partial charge on any atom is 0.184 e. The summed E-state index contributed by atoms with van der Waals surface area (Å²) >= 11 is 0. The highest BCUT2D eigenvalue weighted by Gasteiger charge is 2.68. The van der Waals surface area contributed by atoms with E-state index in [0.717, 1.165) is 32.1 Å². The summed E-state index contributed by atoms with van der Waals surface area (Å²) in [5.41, 5.74) is 2.51. The third-order valence-corrected chi connectivity index (χ3v) is 19.6. The van der Waals surface area contributed by atoms with E-state index in [9.17, 15) is 4.79 Å². The first-order chi connectivity index (χ1) is 24.7. The number of carbonyl (C=O) groups excluding carboxylic acids is 1. The molecule has 0 amide bonds. The fourth-order valence-corrected chi connectivity index (χ4v) is 14.8. The normalized spacial score (nSPS) is 55.1. The Morgan fingerprint density at radius 2 is 1.45 bits per heavy atom. The second kappa shape index (κ2) is 14.0. The van der Waals surface area contributed by atoms with Crippen molar-refractivity contribution in [2.75, 3.05) is 0 Å². The standard InChI is InChI=1S/C48H80O5/c1-15-38-29(4)27(2)31(6)42(51-38)53-41-30(5)28(3)33(8)50-43(41)52-39-19-20-45(12)35(32(39)7)18-21-47(14)40(45)17-16-36-37-26-44(10,11)22-24-48(37,34(9)49)25-23-46(36,47)13/h16,27-33,35,37-43H,15,17-26H2,1-14H3/t27-,28-,29+,30-,31?,32?,33?,35-,37?,38?,39-,40?,41?,42-,43-,45?,46+,47?,48+/m0/s1. The molecule has 2 saturated heterocycles. The van der Waals surface area contributed by atoms with Crippen LogP contribution in [0.25, 0.3) is 0 Å². The Balaban J connectivity index is 1.11. The second-order valence-electron chi connectivity index (χ2n) is 22.1. The lowest BCUT2D eigenvalue weighted by Gasteiger charge is -2.70. The number of hydrogen-bond donors (Lipinski definition) is 0. The van der Waals surface area contributed by atoms with Crippen molar-refractivity contribution in [3.63, 3.8) is 0 Å². The predicted molar refractivity (Wildman–Crippen MR) is 214 cm³/mol. The van der Waals surface area contributed by atoms with E-state index in [1.165, 1.54) is 38.5 Å². The first kappa shape index (κ1) is 40.4. The van der Waals surface area contributed by atoms with Crippen molar-refractivity contribution in [1.29, 1.82) is 0 Å². The maximum absolute atomic E-state index is 13.5. The molecule has 2 aliphatic heterocycles. The molecule has 0 aromatic carbocycles. The van der Waals surface area contributed by atoms with Crippen molar-refractivity contribution in [3.05, 3.63) is 11.6 Å². The van der Waals surface area contributed by atoms with E-state index in [4.69, 9.17) is 18.9 Å². The summed E-state index contributed by atoms with van der Waals surface area (Å²) in [7, 11) is 0. The topological polar surface area (TPSA) is 54.0 Å². The molecular weight excluding hydrogens is 657 g/mol. The Labute approximate surface area is 325 Å². The second-order valence-corrected chi connectivity index (χ2v) is 22.1. The number of rotatable bonds is 6. The van der Waals surface area contributed by atoms with Gasteiger partial charge in [-0.1, -0.05) is 94.7 Å². The largest absolute Gasteiger partial charge is 0.349 e. The molecular formula is C48H80O5. The number of Topliss-reactive ketones (excluding diaryl/α,β-unsaturated/α-hetero) is 1. The Kier molecular flexibility index (Phi) is 10.7. The van der Waals surface area contributed by atoms with Gasteiger partial charge in [-0.3, -0.25) is 4.79 Å². The number of ketones is 1. The molecule has 7 rings (SSSR count). The van der Waals surface area contributed by atoms with E-state index in [1.54, 1.807) is 5.57 Å². The van der Waals surface area contributed by atoms with Crippen LogP contribution in [-0.4, -0.2) is 42.8 Å². The van der Waals surface area contributed by atoms with Crippen LogP contribution in [0.15, 0.2) is 11.6 Å². The van der Waals surface area contributed by atoms with Crippen LogP contribution >= 0.6 is 0 Å². The third kappa shape index (κ3) is 6.14. The molecule has 0 aromatic rings. The summed E-state index contributed by atoms with van der Waals surface area (Å²) < 4.78 is 27.8. The monoisotopic (exact) mass is 737 g/mol. The van der Waals surface area contributed by atoms with Gasteiger partial charge in [-0.15, -0.1) is 0 Å². The molecule has 6 fully saturated rings. The number of fused-ring (bicyclic) bond motifs is 7. The summed E-state index contributed by atoms with van der Waals surface area (Å²) in [5, 5.41) is 0. The van der Waals surface area contributed by atoms with Gasteiger partial charge in [0.15, 0.2) is 12.6 Å². The molecule has 53 heavy (non-hydrogen) atoms. The molecule has 5 nitrogen and oxygen atoms in total. The van der Waals surface area contributed by atoms with Crippen LogP contribution in [0.5, 0.6) is 0 Å². The van der Waals surface area contributed by atoms with Gasteiger partial charge in [0.25, 0.3) is 0 Å². The Hall–Kier alpha value is -0.750. The van der Waals surface area contributed by atoms with E-state index in [2.05, 4.69) is 96.1 Å². The number of hydrogen-bond acceptors (Lipinski definition) is 5. The molecule has 302 valence electrons. The van der Waals surface area contributed by atoms with Gasteiger partial charge in [-0.05, 0) is 153 Å². The Bertz CT molecular complexity index is 1400. The van der Waals surface area contributed by atoms with Gasteiger partial charge in [0.1, 0.15) is 11.9 Å². The molecule has 0 bridgehead atoms. The average Bonchev–Trinajstić information content (AvgIpc) is 3.10. The summed E-state index contributed by atoms with van der Waals surface area (Å²) in [6.07, 6.45) is 15.1. The highest BCUT2D eigenvalue weighted by Crippen LogP contribution is 2.75. The van der Waals surface area contributed by atoms with Crippen molar-refractivity contribution in [2.24, 2.45) is 80.3 Å². The lowest BCUT2D eigenvalue weighted by atomic mass is 9.34. The quantitative estimate of drug-likeness (QED) is 0.201. The first-order valence-corrected chi connectivity index (χ1v) is 22.6. The first-order valence-electron chi connectivity index (χ1n) is 22.6. The minimum Gasteiger partial charge on any atom is -0.349 e. The molecule has 0 aromatic heterocycles. The molecule has 0 spiro atoms. The van der Waals surface area contributed by atoms with Gasteiger partial charge in [-0.25, -0.2) is 0 Å². The van der Waals surface area contributed by atoms with Crippen LogP contribution in [-0.2, 0) is 23.7 Å². The van der Waals surface area contributed by atoms with Crippen molar-refractivity contribution in [2.45, 2.75) is 205 Å². The maximum atomic E-state index is 13.5. The van der Waals surface area contributed by atoms with E-state index in [-0.39, 0.29) is 58.7 Å².